The minimum atomic E-state index is -3.34. The van der Waals surface area contributed by atoms with Crippen molar-refractivity contribution in [3.63, 3.8) is 0 Å². The van der Waals surface area contributed by atoms with Gasteiger partial charge in [0.1, 0.15) is 0 Å². The number of carbonyl (C=O) groups excluding carboxylic acids is 2. The van der Waals surface area contributed by atoms with Crippen LogP contribution < -0.4 is 5.32 Å². The van der Waals surface area contributed by atoms with Crippen molar-refractivity contribution in [3.8, 4) is 0 Å². The molecule has 0 unspecified atom stereocenters. The van der Waals surface area contributed by atoms with E-state index in [4.69, 9.17) is 4.42 Å². The summed E-state index contributed by atoms with van der Waals surface area (Å²) in [6, 6.07) is 21.6. The molecular weight excluding hydrogens is 466 g/mol. The van der Waals surface area contributed by atoms with E-state index in [0.717, 1.165) is 5.56 Å². The van der Waals surface area contributed by atoms with Gasteiger partial charge in [-0.2, -0.15) is 0 Å². The van der Waals surface area contributed by atoms with E-state index in [0.29, 0.717) is 16.7 Å². The first-order chi connectivity index (χ1) is 16.7. The van der Waals surface area contributed by atoms with E-state index in [1.807, 2.05) is 6.07 Å². The normalized spacial score (nSPS) is 11.4. The number of aromatic nitrogens is 2. The highest BCUT2D eigenvalue weighted by molar-refractivity contribution is 7.92. The molecule has 0 bridgehead atoms. The van der Waals surface area contributed by atoms with E-state index >= 15 is 0 Å². The highest BCUT2D eigenvalue weighted by atomic mass is 32.2. The number of benzene rings is 3. The zero-order valence-electron chi connectivity index (χ0n) is 19.1. The minimum Gasteiger partial charge on any atom is -0.407 e. The molecule has 35 heavy (non-hydrogen) atoms. The first-order valence-electron chi connectivity index (χ1n) is 10.9. The van der Waals surface area contributed by atoms with Gasteiger partial charge in [-0.15, -0.1) is 5.10 Å². The second-order valence-electron chi connectivity index (χ2n) is 8.14. The molecule has 8 nitrogen and oxygen atoms in total. The number of nitrogens with zero attached hydrogens (tertiary/aromatic N) is 2. The van der Waals surface area contributed by atoms with Gasteiger partial charge in [-0.1, -0.05) is 59.7 Å². The Morgan fingerprint density at radius 2 is 1.43 bits per heavy atom. The lowest BCUT2D eigenvalue weighted by Crippen LogP contribution is -2.13. The van der Waals surface area contributed by atoms with Gasteiger partial charge in [0.25, 0.3) is 5.91 Å². The first-order valence-corrected chi connectivity index (χ1v) is 12.4. The molecule has 0 atom stereocenters. The third kappa shape index (κ3) is 5.52. The van der Waals surface area contributed by atoms with Crippen LogP contribution in [0.3, 0.4) is 0 Å². The predicted octanol–water partition coefficient (Wildman–Crippen LogP) is 4.33. The highest BCUT2D eigenvalue weighted by Gasteiger charge is 2.19. The topological polar surface area (TPSA) is 119 Å². The zero-order chi connectivity index (χ0) is 25.0. The van der Waals surface area contributed by atoms with Crippen LogP contribution in [0.15, 0.2) is 88.2 Å². The van der Waals surface area contributed by atoms with Crippen LogP contribution in [0.25, 0.3) is 0 Å². The maximum absolute atomic E-state index is 12.5. The molecule has 1 aromatic heterocycles. The highest BCUT2D eigenvalue weighted by Crippen LogP contribution is 2.19. The third-order valence-corrected chi connectivity index (χ3v) is 7.53. The second kappa shape index (κ2) is 10.0. The Morgan fingerprint density at radius 1 is 0.829 bits per heavy atom. The molecule has 1 amide bonds. The predicted molar refractivity (Wildman–Crippen MR) is 130 cm³/mol. The Balaban J connectivity index is 1.38. The Labute approximate surface area is 202 Å². The summed E-state index contributed by atoms with van der Waals surface area (Å²) >= 11 is 0. The molecule has 0 saturated carbocycles. The average Bonchev–Trinajstić information content (AvgIpc) is 3.31. The van der Waals surface area contributed by atoms with Crippen molar-refractivity contribution in [3.05, 3.63) is 107 Å². The third-order valence-electron chi connectivity index (χ3n) is 5.36. The number of nitrogens with one attached hydrogen (secondary N) is 1. The Morgan fingerprint density at radius 3 is 2.06 bits per heavy atom. The van der Waals surface area contributed by atoms with Gasteiger partial charge in [-0.25, -0.2) is 8.42 Å². The van der Waals surface area contributed by atoms with E-state index in [2.05, 4.69) is 15.5 Å². The minimum absolute atomic E-state index is 0.0616. The van der Waals surface area contributed by atoms with Gasteiger partial charge in [0.2, 0.25) is 5.89 Å². The van der Waals surface area contributed by atoms with E-state index in [-0.39, 0.29) is 29.0 Å². The summed E-state index contributed by atoms with van der Waals surface area (Å²) in [5.41, 5.74) is 2.16. The van der Waals surface area contributed by atoms with Crippen LogP contribution >= 0.6 is 0 Å². The van der Waals surface area contributed by atoms with Crippen molar-refractivity contribution in [2.24, 2.45) is 0 Å². The van der Waals surface area contributed by atoms with Crippen molar-refractivity contribution in [1.29, 1.82) is 0 Å². The molecule has 0 aliphatic heterocycles. The van der Waals surface area contributed by atoms with Crippen LogP contribution in [0.5, 0.6) is 0 Å². The maximum Gasteiger partial charge on any atom is 0.322 e. The van der Waals surface area contributed by atoms with E-state index < -0.39 is 21.0 Å². The van der Waals surface area contributed by atoms with Gasteiger partial charge in [0.15, 0.2) is 15.6 Å². The summed E-state index contributed by atoms with van der Waals surface area (Å²) in [4.78, 5) is 25.3. The van der Waals surface area contributed by atoms with Crippen molar-refractivity contribution in [2.75, 3.05) is 5.32 Å². The van der Waals surface area contributed by atoms with Crippen molar-refractivity contribution in [1.82, 2.24) is 10.2 Å². The summed E-state index contributed by atoms with van der Waals surface area (Å²) in [6.45, 7) is 3.27. The number of hydrogen-bond acceptors (Lipinski definition) is 7. The number of amides is 1. The molecule has 0 aliphatic rings. The summed E-state index contributed by atoms with van der Waals surface area (Å²) in [6.07, 6.45) is 0.279. The molecular formula is C26H23N3O5S. The lowest BCUT2D eigenvalue weighted by Gasteiger charge is -2.08. The summed E-state index contributed by atoms with van der Waals surface area (Å²) in [5, 5.41) is 9.82. The number of carbonyl (C=O) groups is 2. The van der Waals surface area contributed by atoms with Crippen LogP contribution in [0.1, 0.15) is 51.6 Å². The van der Waals surface area contributed by atoms with E-state index in [1.165, 1.54) is 0 Å². The second-order valence-corrected chi connectivity index (χ2v) is 10.6. The number of rotatable bonds is 8. The molecule has 0 saturated heterocycles. The molecule has 0 spiro atoms. The van der Waals surface area contributed by atoms with Gasteiger partial charge in [-0.05, 0) is 43.7 Å². The fraction of sp³-hybridized carbons (Fsp3) is 0.154. The van der Waals surface area contributed by atoms with Crippen LogP contribution in [-0.4, -0.2) is 35.6 Å². The average molecular weight is 490 g/mol. The molecule has 1 N–H and O–H groups in total. The summed E-state index contributed by atoms with van der Waals surface area (Å²) in [7, 11) is -3.34. The summed E-state index contributed by atoms with van der Waals surface area (Å²) < 4.78 is 30.0. The lowest BCUT2D eigenvalue weighted by atomic mass is 10.0. The molecule has 9 heteroatoms. The number of sulfone groups is 1. The Kier molecular flexibility index (Phi) is 6.88. The summed E-state index contributed by atoms with van der Waals surface area (Å²) in [5.74, 6) is -0.320. The van der Waals surface area contributed by atoms with Gasteiger partial charge in [0.05, 0.1) is 16.6 Å². The van der Waals surface area contributed by atoms with Gasteiger partial charge in [-0.3, -0.25) is 14.9 Å². The molecule has 4 rings (SSSR count). The van der Waals surface area contributed by atoms with Crippen molar-refractivity contribution >= 4 is 27.5 Å². The monoisotopic (exact) mass is 489 g/mol. The molecule has 4 aromatic rings. The van der Waals surface area contributed by atoms with Gasteiger partial charge < -0.3 is 4.42 Å². The van der Waals surface area contributed by atoms with Crippen molar-refractivity contribution < 1.29 is 22.4 Å². The van der Waals surface area contributed by atoms with E-state index in [9.17, 15) is 18.0 Å². The largest absolute Gasteiger partial charge is 0.407 e. The molecule has 1 heterocycles. The van der Waals surface area contributed by atoms with Crippen LogP contribution in [0.2, 0.25) is 0 Å². The van der Waals surface area contributed by atoms with Crippen molar-refractivity contribution in [2.45, 2.75) is 30.4 Å². The van der Waals surface area contributed by atoms with Crippen LogP contribution in [0, 0.1) is 0 Å². The first kappa shape index (κ1) is 24.0. The number of ketones is 1. The van der Waals surface area contributed by atoms with Gasteiger partial charge >= 0.3 is 6.01 Å². The van der Waals surface area contributed by atoms with E-state index in [1.54, 1.807) is 86.6 Å². The Hall–Kier alpha value is -4.11. The molecule has 0 aliphatic carbocycles. The smallest absolute Gasteiger partial charge is 0.322 e. The molecule has 3 aromatic carbocycles. The zero-order valence-corrected chi connectivity index (χ0v) is 20.0. The Bertz CT molecular complexity index is 1440. The quantitative estimate of drug-likeness (QED) is 0.366. The molecule has 0 radical (unpaired) electrons. The number of hydrogen-bond donors (Lipinski definition) is 1. The van der Waals surface area contributed by atoms with Crippen LogP contribution in [-0.2, 0) is 16.3 Å². The molecule has 178 valence electrons. The van der Waals surface area contributed by atoms with Gasteiger partial charge in [0, 0.05) is 16.7 Å². The van der Waals surface area contributed by atoms with Crippen LogP contribution in [0.4, 0.5) is 6.01 Å². The maximum atomic E-state index is 12.5. The fourth-order valence-corrected chi connectivity index (χ4v) is 4.38. The molecule has 0 fully saturated rings. The fourth-order valence-electron chi connectivity index (χ4n) is 3.32. The standard InChI is InChI=1S/C26H23N3O5S/c1-17(2)35(32,33)22-14-8-18(9-15-22)16-23-28-29-26(34-23)27-25(31)21-12-10-20(11-13-21)24(30)19-6-4-3-5-7-19/h3-15,17H,16H2,1-2H3,(H,27,29,31). The number of anilines is 1. The SMILES string of the molecule is CC(C)S(=O)(=O)c1ccc(Cc2nnc(NC(=O)c3ccc(C(=O)c4ccccc4)cc3)o2)cc1. The lowest BCUT2D eigenvalue weighted by molar-refractivity contribution is 0.101.